The van der Waals surface area contributed by atoms with Crippen LogP contribution in [0.25, 0.3) is 0 Å². The van der Waals surface area contributed by atoms with Crippen LogP contribution in [0.4, 0.5) is 0 Å². The van der Waals surface area contributed by atoms with Crippen molar-refractivity contribution in [3.63, 3.8) is 0 Å². The third-order valence-electron chi connectivity index (χ3n) is 14.5. The maximum Gasteiger partial charge on any atom is 0.325 e. The lowest BCUT2D eigenvalue weighted by Crippen LogP contribution is -2.43. The van der Waals surface area contributed by atoms with Gasteiger partial charge < -0.3 is 28.4 Å². The number of benzene rings is 2. The monoisotopic (exact) mass is 1120 g/mol. The zero-order chi connectivity index (χ0) is 60.7. The second-order valence-electron chi connectivity index (χ2n) is 20.7. The van der Waals surface area contributed by atoms with Crippen molar-refractivity contribution in [2.24, 2.45) is 16.2 Å². The largest absolute Gasteiger partial charge is 0.465 e. The number of carbonyl (C=O) groups excluding carboxylic acids is 6. The van der Waals surface area contributed by atoms with E-state index in [1.165, 1.54) is 40.7 Å². The summed E-state index contributed by atoms with van der Waals surface area (Å²) in [5, 5.41) is 0. The summed E-state index contributed by atoms with van der Waals surface area (Å²) in [7, 11) is 0. The molecule has 2 aliphatic rings. The molecule has 0 aromatic heterocycles. The number of fused-ring (bicyclic) bond motifs is 2. The van der Waals surface area contributed by atoms with Crippen LogP contribution in [-0.4, -0.2) is 75.5 Å². The molecule has 0 aliphatic heterocycles. The molecule has 0 amide bonds. The Morgan fingerprint density at radius 1 is 0.444 bits per heavy atom. The molecule has 0 heterocycles. The molecule has 0 radical (unpaired) electrons. The fraction of sp³-hybridized carbons (Fsp3) is 0.652. The van der Waals surface area contributed by atoms with E-state index in [2.05, 4.69) is 89.5 Å². The minimum Gasteiger partial charge on any atom is -0.465 e. The highest BCUT2D eigenvalue weighted by atomic mass is 16.6. The van der Waals surface area contributed by atoms with Gasteiger partial charge in [0.15, 0.2) is 16.2 Å². The molecule has 0 saturated heterocycles. The second kappa shape index (κ2) is 41.0. The van der Waals surface area contributed by atoms with Crippen LogP contribution in [0.15, 0.2) is 24.3 Å². The zero-order valence-corrected chi connectivity index (χ0v) is 52.1. The van der Waals surface area contributed by atoms with Gasteiger partial charge in [-0.1, -0.05) is 104 Å². The third kappa shape index (κ3) is 22.0. The summed E-state index contributed by atoms with van der Waals surface area (Å²) in [4.78, 5) is 75.7. The van der Waals surface area contributed by atoms with E-state index in [0.29, 0.717) is 25.7 Å². The Morgan fingerprint density at radius 3 is 1.32 bits per heavy atom. The number of rotatable bonds is 30. The highest BCUT2D eigenvalue weighted by molar-refractivity contribution is 6.03. The number of hydrogen-bond donors (Lipinski definition) is 0. The lowest BCUT2D eigenvalue weighted by molar-refractivity contribution is -0.173. The van der Waals surface area contributed by atoms with Crippen molar-refractivity contribution in [2.75, 3.05) is 39.6 Å². The van der Waals surface area contributed by atoms with Gasteiger partial charge in [-0.15, -0.1) is 36.5 Å². The number of hydrogen-bond acceptors (Lipinski definition) is 12. The van der Waals surface area contributed by atoms with Gasteiger partial charge in [0, 0.05) is 38.5 Å². The molecule has 12 heteroatoms. The van der Waals surface area contributed by atoms with Gasteiger partial charge in [0.2, 0.25) is 0 Å². The fourth-order valence-electron chi connectivity index (χ4n) is 10.0. The second-order valence-corrected chi connectivity index (χ2v) is 20.7. The molecule has 4 rings (SSSR count). The van der Waals surface area contributed by atoms with Gasteiger partial charge in [-0.3, -0.25) is 28.8 Å². The van der Waals surface area contributed by atoms with E-state index < -0.39 is 52.1 Å². The number of unbranched alkanes of at least 4 members (excludes halogenated alkanes) is 8. The Balaban J connectivity index is 0.000000582. The predicted octanol–water partition coefficient (Wildman–Crippen LogP) is 13.7. The average Bonchev–Trinajstić information content (AvgIpc) is 4.24. The molecule has 0 spiro atoms. The quantitative estimate of drug-likeness (QED) is 0.0240. The van der Waals surface area contributed by atoms with Gasteiger partial charge in [0.1, 0.15) is 0 Å². The first kappa shape index (κ1) is 73.0. The van der Waals surface area contributed by atoms with Crippen LogP contribution in [0.2, 0.25) is 0 Å². The van der Waals surface area contributed by atoms with Gasteiger partial charge in [-0.2, -0.15) is 0 Å². The van der Waals surface area contributed by atoms with Crippen LogP contribution < -0.4 is 0 Å². The molecule has 0 unspecified atom stereocenters. The Labute approximate surface area is 489 Å². The highest BCUT2D eigenvalue weighted by Crippen LogP contribution is 2.44. The first-order chi connectivity index (χ1) is 39.0. The maximum atomic E-state index is 12.8. The lowest BCUT2D eigenvalue weighted by atomic mass is 9.81. The number of carbonyl (C=O) groups is 6. The van der Waals surface area contributed by atoms with Gasteiger partial charge in [0.25, 0.3) is 0 Å². The Hall–Kier alpha value is -6.06. The standard InChI is InChI=1S/2C23H34O4.C17H24O4.C6H10/c1-5-9-11-17-13-18(12-10-6-2)20-16-23(15-19(20)14-17,21(24)26-7-3)22(25)27-8-4;1-5-9-11-17-13-14-18-15-23(21(24)26-7-3,22(25)27-8-4)16-20(18)19(17)12-10-6-2;1-5-9-10-11-12-14-17(13-6-2,15(18)20-7-3)16(19)21-8-4;1-3-5-6-4-2/h2*13-14H,5-12,15-16H2,1-4H3;2H,5,7-10,13-14H2,1,3-4H3;1H,4-6H2,2H3. The predicted molar refractivity (Wildman–Crippen MR) is 323 cm³/mol. The van der Waals surface area contributed by atoms with E-state index in [9.17, 15) is 28.8 Å². The molecule has 81 heavy (non-hydrogen) atoms. The van der Waals surface area contributed by atoms with Crippen molar-refractivity contribution in [1.29, 1.82) is 0 Å². The summed E-state index contributed by atoms with van der Waals surface area (Å²) >= 11 is 0. The summed E-state index contributed by atoms with van der Waals surface area (Å²) < 4.78 is 31.2. The van der Waals surface area contributed by atoms with Gasteiger partial charge in [0.05, 0.1) is 39.6 Å². The lowest BCUT2D eigenvalue weighted by Gasteiger charge is -2.25. The number of ether oxygens (including phenoxy) is 6. The van der Waals surface area contributed by atoms with E-state index in [4.69, 9.17) is 41.3 Å². The van der Waals surface area contributed by atoms with Crippen molar-refractivity contribution < 1.29 is 57.2 Å². The third-order valence-corrected chi connectivity index (χ3v) is 14.5. The molecule has 450 valence electrons. The maximum absolute atomic E-state index is 12.8. The first-order valence-corrected chi connectivity index (χ1v) is 30.7. The minimum absolute atomic E-state index is 0.0264. The van der Waals surface area contributed by atoms with Crippen molar-refractivity contribution in [3.05, 3.63) is 68.8 Å². The van der Waals surface area contributed by atoms with Crippen molar-refractivity contribution >= 4 is 35.8 Å². The SMILES string of the molecule is C#CCC(CC#CCCCC)(C(=O)OCC)C(=O)OCC.C#CCCCC.CCCCc1cc(CCCC)c2c(c1)CC(C(=O)OCC)(C(=O)OCC)C2.CCCCc1ccc2c(c1CCCC)CC(C(=O)OCC)(C(=O)OCC)C2. The summed E-state index contributed by atoms with van der Waals surface area (Å²) in [5.41, 5.74) is 5.91. The molecule has 0 N–H and O–H groups in total. The van der Waals surface area contributed by atoms with Crippen molar-refractivity contribution in [1.82, 2.24) is 0 Å². The molecule has 0 fully saturated rings. The Kier molecular flexibility index (Phi) is 36.9. The van der Waals surface area contributed by atoms with E-state index >= 15 is 0 Å². The minimum atomic E-state index is -1.51. The van der Waals surface area contributed by atoms with Crippen LogP contribution in [0.1, 0.15) is 230 Å². The molecular formula is C69H102O12. The van der Waals surface area contributed by atoms with E-state index in [1.54, 1.807) is 41.5 Å². The van der Waals surface area contributed by atoms with E-state index in [-0.39, 0.29) is 52.5 Å². The van der Waals surface area contributed by atoms with Crippen LogP contribution in [-0.2, 0) is 109 Å². The summed E-state index contributed by atoms with van der Waals surface area (Å²) in [5.74, 6) is 7.66. The van der Waals surface area contributed by atoms with Gasteiger partial charge in [-0.25, -0.2) is 0 Å². The Morgan fingerprint density at radius 2 is 0.877 bits per heavy atom. The van der Waals surface area contributed by atoms with Gasteiger partial charge in [-0.05, 0) is 163 Å². The molecule has 0 atom stereocenters. The van der Waals surface area contributed by atoms with Gasteiger partial charge >= 0.3 is 35.8 Å². The Bertz CT molecular complexity index is 2320. The zero-order valence-electron chi connectivity index (χ0n) is 52.1. The van der Waals surface area contributed by atoms with Crippen LogP contribution in [0, 0.1) is 52.8 Å². The van der Waals surface area contributed by atoms with Crippen LogP contribution in [0.5, 0.6) is 0 Å². The van der Waals surface area contributed by atoms with Crippen molar-refractivity contribution in [3.8, 4) is 36.5 Å². The summed E-state index contributed by atoms with van der Waals surface area (Å²) in [6.45, 7) is 24.8. The normalized spacial score (nSPS) is 12.9. The van der Waals surface area contributed by atoms with Crippen LogP contribution in [0.3, 0.4) is 0 Å². The smallest absolute Gasteiger partial charge is 0.325 e. The van der Waals surface area contributed by atoms with Crippen LogP contribution >= 0.6 is 0 Å². The van der Waals surface area contributed by atoms with E-state index in [1.807, 2.05) is 0 Å². The first-order valence-electron chi connectivity index (χ1n) is 30.7. The molecule has 2 aliphatic carbocycles. The summed E-state index contributed by atoms with van der Waals surface area (Å²) in [6.07, 6.45) is 31.0. The average molecular weight is 1120 g/mol. The number of aryl methyl sites for hydroxylation is 3. The molecule has 2 aromatic rings. The molecule has 0 bridgehead atoms. The fourth-order valence-corrected chi connectivity index (χ4v) is 10.0. The molecule has 2 aromatic carbocycles. The topological polar surface area (TPSA) is 158 Å². The number of esters is 6. The highest BCUT2D eigenvalue weighted by Gasteiger charge is 2.55. The summed E-state index contributed by atoms with van der Waals surface area (Å²) in [6, 6.07) is 8.79. The molecule has 12 nitrogen and oxygen atoms in total. The van der Waals surface area contributed by atoms with Crippen molar-refractivity contribution in [2.45, 2.75) is 237 Å². The number of terminal acetylenes is 2. The molecule has 0 saturated carbocycles. The van der Waals surface area contributed by atoms with E-state index in [0.717, 1.165) is 119 Å². The molecular weight excluding hydrogens is 1020 g/mol.